The molecule has 7 heteroatoms. The van der Waals surface area contributed by atoms with E-state index in [2.05, 4.69) is 43.7 Å². The molecule has 0 amide bonds. The molecule has 0 fully saturated rings. The Morgan fingerprint density at radius 3 is 1.57 bits per heavy atom. The predicted octanol–water partition coefficient (Wildman–Crippen LogP) is 12.3. The van der Waals surface area contributed by atoms with Crippen LogP contribution in [-0.2, 0) is 28.6 Å². The number of rotatable bonds is 38. The molecule has 0 saturated carbocycles. The summed E-state index contributed by atoms with van der Waals surface area (Å²) >= 11 is 0. The van der Waals surface area contributed by atoms with Gasteiger partial charge in [0.2, 0.25) is 0 Å². The van der Waals surface area contributed by atoms with E-state index in [1.54, 1.807) is 0 Å². The summed E-state index contributed by atoms with van der Waals surface area (Å²) in [5.74, 6) is 0.806. The van der Waals surface area contributed by atoms with Crippen molar-refractivity contribution in [3.8, 4) is 0 Å². The van der Waals surface area contributed by atoms with Crippen LogP contribution in [0.15, 0.2) is 24.1 Å². The van der Waals surface area contributed by atoms with Crippen molar-refractivity contribution in [3.05, 3.63) is 24.1 Å². The number of unbranched alkanes of at least 4 members (excludes halogenated alkanes) is 14. The summed E-state index contributed by atoms with van der Waals surface area (Å²) in [6.45, 7) is 12.1. The quantitative estimate of drug-likeness (QED) is 0.0269. The first-order valence-corrected chi connectivity index (χ1v) is 22.0. The van der Waals surface area contributed by atoms with Crippen molar-refractivity contribution in [3.63, 3.8) is 0 Å². The van der Waals surface area contributed by atoms with Gasteiger partial charge >= 0.3 is 17.9 Å². The number of esters is 3. The van der Waals surface area contributed by atoms with E-state index in [0.717, 1.165) is 122 Å². The number of ether oxygens (including phenoxy) is 3. The smallest absolute Gasteiger partial charge is 0.306 e. The van der Waals surface area contributed by atoms with Gasteiger partial charge < -0.3 is 19.1 Å². The fourth-order valence-electron chi connectivity index (χ4n) is 6.59. The molecule has 0 heterocycles. The zero-order valence-electron chi connectivity index (χ0n) is 35.3. The fourth-order valence-corrected chi connectivity index (χ4v) is 6.59. The van der Waals surface area contributed by atoms with E-state index in [1.807, 2.05) is 20.2 Å². The second-order valence-corrected chi connectivity index (χ2v) is 15.7. The van der Waals surface area contributed by atoms with Crippen molar-refractivity contribution >= 4 is 17.9 Å². The average molecular weight is 746 g/mol. The van der Waals surface area contributed by atoms with Crippen LogP contribution in [0, 0.1) is 11.8 Å². The first kappa shape index (κ1) is 50.7. The summed E-state index contributed by atoms with van der Waals surface area (Å²) in [4.78, 5) is 38.9. The highest BCUT2D eigenvalue weighted by Crippen LogP contribution is 2.19. The Balaban J connectivity index is 4.14. The third-order valence-corrected chi connectivity index (χ3v) is 10.1. The third-order valence-electron chi connectivity index (χ3n) is 10.1. The van der Waals surface area contributed by atoms with E-state index in [-0.39, 0.29) is 24.0 Å². The summed E-state index contributed by atoms with van der Waals surface area (Å²) in [5.41, 5.74) is 5.64. The second-order valence-electron chi connectivity index (χ2n) is 15.7. The van der Waals surface area contributed by atoms with Gasteiger partial charge in [0.05, 0.1) is 13.2 Å². The highest BCUT2D eigenvalue weighted by atomic mass is 16.5. The van der Waals surface area contributed by atoms with Crippen LogP contribution in [-0.4, -0.2) is 62.8 Å². The minimum atomic E-state index is -0.0860. The van der Waals surface area contributed by atoms with Crippen LogP contribution in [0.2, 0.25) is 0 Å². The molecule has 0 aromatic rings. The molecule has 3 atom stereocenters. The number of nitrogens with zero attached hydrogens (tertiary/aromatic N) is 1. The second kappa shape index (κ2) is 38.0. The molecule has 0 radical (unpaired) electrons. The molecule has 0 aliphatic carbocycles. The summed E-state index contributed by atoms with van der Waals surface area (Å²) in [6.07, 6.45) is 30.6. The number of carbonyl (C=O) groups excluding carboxylic acids is 3. The van der Waals surface area contributed by atoms with Gasteiger partial charge in [-0.25, -0.2) is 0 Å². The molecule has 0 aliphatic heterocycles. The van der Waals surface area contributed by atoms with Crippen LogP contribution >= 0.6 is 0 Å². The molecule has 0 aromatic carbocycles. The molecule has 53 heavy (non-hydrogen) atoms. The SMILES string of the molecule is C=C=C=CC(CCCC)CCOC(=O)CCCCCCCCCC(CCCCCCCCCC(=O)OCCC(C)CCCC)OC(=O)CCCN(C)C. The highest BCUT2D eigenvalue weighted by molar-refractivity contribution is 5.70. The zero-order valence-corrected chi connectivity index (χ0v) is 35.3. The lowest BCUT2D eigenvalue weighted by atomic mass is 9.99. The highest BCUT2D eigenvalue weighted by Gasteiger charge is 2.15. The zero-order chi connectivity index (χ0) is 39.2. The Bertz CT molecular complexity index is 967. The van der Waals surface area contributed by atoms with Crippen LogP contribution in [0.4, 0.5) is 0 Å². The van der Waals surface area contributed by atoms with Gasteiger partial charge in [-0.05, 0) is 109 Å². The topological polar surface area (TPSA) is 82.1 Å². The first-order valence-electron chi connectivity index (χ1n) is 22.0. The summed E-state index contributed by atoms with van der Waals surface area (Å²) < 4.78 is 16.9. The molecule has 0 N–H and O–H groups in total. The standard InChI is InChI=1S/C46H83NO6/c1-7-10-28-41(4)36-39-51-44(48)33-25-21-17-13-15-19-23-31-43(53-46(50)35-27-38-47(5)6)32-24-20-16-14-18-22-26-34-45(49)52-40-37-42(29-11-8-2)30-12-9-3/h29,41-43H,2,7,9-10,12-28,30-40H2,1,3-6H3. The lowest BCUT2D eigenvalue weighted by Gasteiger charge is -2.18. The Hall–Kier alpha value is -2.33. The minimum absolute atomic E-state index is 0.0184. The molecule has 308 valence electrons. The molecular weight excluding hydrogens is 663 g/mol. The Morgan fingerprint density at radius 2 is 1.06 bits per heavy atom. The summed E-state index contributed by atoms with van der Waals surface area (Å²) in [5, 5.41) is 0. The largest absolute Gasteiger partial charge is 0.466 e. The molecule has 0 rings (SSSR count). The van der Waals surface area contributed by atoms with Crippen LogP contribution in [0.5, 0.6) is 0 Å². The lowest BCUT2D eigenvalue weighted by Crippen LogP contribution is -2.20. The average Bonchev–Trinajstić information content (AvgIpc) is 3.13. The van der Waals surface area contributed by atoms with Gasteiger partial charge in [0.25, 0.3) is 0 Å². The summed E-state index contributed by atoms with van der Waals surface area (Å²) in [7, 11) is 4.06. The fraction of sp³-hybridized carbons (Fsp3) is 0.848. The van der Waals surface area contributed by atoms with Gasteiger partial charge in [0, 0.05) is 19.3 Å². The van der Waals surface area contributed by atoms with E-state index in [9.17, 15) is 14.4 Å². The molecular formula is C46H83NO6. The molecule has 3 unspecified atom stereocenters. The minimum Gasteiger partial charge on any atom is -0.466 e. The number of hydrogen-bond donors (Lipinski definition) is 0. The van der Waals surface area contributed by atoms with Crippen LogP contribution in [0.25, 0.3) is 0 Å². The van der Waals surface area contributed by atoms with E-state index < -0.39 is 0 Å². The van der Waals surface area contributed by atoms with E-state index in [0.29, 0.717) is 44.3 Å². The van der Waals surface area contributed by atoms with Crippen LogP contribution in [0.3, 0.4) is 0 Å². The Labute approximate surface area is 327 Å². The van der Waals surface area contributed by atoms with Crippen molar-refractivity contribution in [2.45, 2.75) is 207 Å². The van der Waals surface area contributed by atoms with Crippen molar-refractivity contribution in [1.29, 1.82) is 0 Å². The molecule has 0 saturated heterocycles. The maximum atomic E-state index is 12.6. The van der Waals surface area contributed by atoms with E-state index in [1.165, 1.54) is 44.9 Å². The Morgan fingerprint density at radius 1 is 0.585 bits per heavy atom. The monoisotopic (exact) mass is 746 g/mol. The van der Waals surface area contributed by atoms with Crippen molar-refractivity contribution < 1.29 is 28.6 Å². The van der Waals surface area contributed by atoms with E-state index >= 15 is 0 Å². The van der Waals surface area contributed by atoms with Crippen molar-refractivity contribution in [2.24, 2.45) is 11.8 Å². The third kappa shape index (κ3) is 36.4. The number of carbonyl (C=O) groups is 3. The molecule has 7 nitrogen and oxygen atoms in total. The van der Waals surface area contributed by atoms with Crippen molar-refractivity contribution in [2.75, 3.05) is 33.9 Å². The molecule has 0 bridgehead atoms. The molecule has 0 aliphatic rings. The van der Waals surface area contributed by atoms with E-state index in [4.69, 9.17) is 14.2 Å². The van der Waals surface area contributed by atoms with Gasteiger partial charge in [0.15, 0.2) is 0 Å². The van der Waals surface area contributed by atoms with Crippen molar-refractivity contribution in [1.82, 2.24) is 4.90 Å². The van der Waals surface area contributed by atoms with Gasteiger partial charge in [-0.15, -0.1) is 0 Å². The van der Waals surface area contributed by atoms with Crippen LogP contribution in [0.1, 0.15) is 201 Å². The number of hydrogen-bond acceptors (Lipinski definition) is 7. The molecule has 0 spiro atoms. The van der Waals surface area contributed by atoms with Crippen LogP contribution < -0.4 is 0 Å². The lowest BCUT2D eigenvalue weighted by molar-refractivity contribution is -0.150. The maximum absolute atomic E-state index is 12.6. The first-order chi connectivity index (χ1) is 25.7. The Kier molecular flexibility index (Phi) is 36.3. The summed E-state index contributed by atoms with van der Waals surface area (Å²) in [6, 6.07) is 0. The van der Waals surface area contributed by atoms with Gasteiger partial charge in [-0.1, -0.05) is 129 Å². The van der Waals surface area contributed by atoms with Gasteiger partial charge in [0.1, 0.15) is 6.10 Å². The normalized spacial score (nSPS) is 12.8. The number of allylic oxidation sites excluding steroid dienone is 1. The van der Waals surface area contributed by atoms with Gasteiger partial charge in [-0.3, -0.25) is 14.4 Å². The van der Waals surface area contributed by atoms with Gasteiger partial charge in [-0.2, -0.15) is 0 Å². The maximum Gasteiger partial charge on any atom is 0.306 e. The molecule has 0 aromatic heterocycles. The predicted molar refractivity (Wildman–Crippen MR) is 221 cm³/mol.